The molecule has 264 valence electrons. The minimum Gasteiger partial charge on any atom is -0.481 e. The second-order valence-corrected chi connectivity index (χ2v) is 18.2. The Kier molecular flexibility index (Phi) is 8.25. The van der Waals surface area contributed by atoms with Crippen LogP contribution in [0.3, 0.4) is 0 Å². The van der Waals surface area contributed by atoms with Gasteiger partial charge in [-0.25, -0.2) is 4.79 Å². The summed E-state index contributed by atoms with van der Waals surface area (Å²) in [5.74, 6) is -2.36. The van der Waals surface area contributed by atoms with Gasteiger partial charge in [0.05, 0.1) is 11.5 Å². The highest BCUT2D eigenvalue weighted by Gasteiger charge is 2.71. The number of ether oxygens (including phenoxy) is 2. The van der Waals surface area contributed by atoms with Crippen LogP contribution < -0.4 is 0 Å². The van der Waals surface area contributed by atoms with Gasteiger partial charge >= 0.3 is 11.9 Å². The molecular formula is C37H56O10. The van der Waals surface area contributed by atoms with Gasteiger partial charge in [-0.3, -0.25) is 4.79 Å². The summed E-state index contributed by atoms with van der Waals surface area (Å²) in [6.07, 6.45) is 1.64. The van der Waals surface area contributed by atoms with Gasteiger partial charge in [0.1, 0.15) is 24.6 Å². The molecule has 5 N–H and O–H groups in total. The lowest BCUT2D eigenvalue weighted by Crippen LogP contribution is -2.66. The van der Waals surface area contributed by atoms with Crippen molar-refractivity contribution in [3.63, 3.8) is 0 Å². The van der Waals surface area contributed by atoms with Crippen LogP contribution in [0.2, 0.25) is 0 Å². The molecule has 0 aromatic carbocycles. The Morgan fingerprint density at radius 3 is 2.17 bits per heavy atom. The minimum absolute atomic E-state index is 0.0642. The van der Waals surface area contributed by atoms with Crippen LogP contribution in [0.4, 0.5) is 0 Å². The molecule has 0 aromatic rings. The van der Waals surface area contributed by atoms with E-state index in [9.17, 15) is 39.9 Å². The van der Waals surface area contributed by atoms with Gasteiger partial charge in [0.25, 0.3) is 0 Å². The number of fused-ring (bicyclic) bond motifs is 7. The fraction of sp³-hybridized carbons (Fsp3) is 0.865. The molecule has 1 saturated heterocycles. The topological polar surface area (TPSA) is 171 Å². The molecule has 4 saturated carbocycles. The zero-order chi connectivity index (χ0) is 34.7. The molecule has 1 heterocycles. The molecule has 6 rings (SSSR count). The molecule has 47 heavy (non-hydrogen) atoms. The van der Waals surface area contributed by atoms with Crippen LogP contribution in [0.5, 0.6) is 0 Å². The third-order valence-electron chi connectivity index (χ3n) is 15.4. The first-order chi connectivity index (χ1) is 21.7. The van der Waals surface area contributed by atoms with E-state index in [4.69, 9.17) is 9.47 Å². The number of rotatable bonds is 5. The van der Waals surface area contributed by atoms with Gasteiger partial charge in [-0.05, 0) is 103 Å². The Balaban J connectivity index is 1.31. The highest BCUT2D eigenvalue weighted by Crippen LogP contribution is 2.76. The van der Waals surface area contributed by atoms with Crippen LogP contribution in [0.15, 0.2) is 11.6 Å². The second kappa shape index (κ2) is 11.1. The maximum absolute atomic E-state index is 13.1. The third-order valence-corrected chi connectivity index (χ3v) is 15.4. The Morgan fingerprint density at radius 2 is 1.55 bits per heavy atom. The van der Waals surface area contributed by atoms with Crippen LogP contribution in [0, 0.1) is 56.2 Å². The van der Waals surface area contributed by atoms with E-state index < -0.39 is 54.0 Å². The van der Waals surface area contributed by atoms with Crippen molar-refractivity contribution in [2.24, 2.45) is 56.2 Å². The van der Waals surface area contributed by atoms with Crippen molar-refractivity contribution in [2.45, 2.75) is 143 Å². The first-order valence-corrected chi connectivity index (χ1v) is 17.7. The standard InChI is InChI=1S/C37H56O10/c1-32(2)16-19(18-38)37(31(44)45)15-14-35(6)20(21(37)17-32)8-9-23-34(5)12-11-24(33(3,4)22(34)10-13-36(23,35)7)46-30-27(41)25(39)26(40)28(47-30)29(42)43/h8,18-19,21-28,30,39-41H,9-17H2,1-7H3,(H,42,43)(H,44,45)/t19-,21-,22-,23+,24-,25-,26-,27+,28-,30+,34-,35+,36+,37+/m0/s1. The molecule has 6 aliphatic rings. The largest absolute Gasteiger partial charge is 0.481 e. The predicted octanol–water partition coefficient (Wildman–Crippen LogP) is 4.58. The van der Waals surface area contributed by atoms with Gasteiger partial charge in [0.15, 0.2) is 12.4 Å². The van der Waals surface area contributed by atoms with Crippen molar-refractivity contribution in [1.29, 1.82) is 0 Å². The Labute approximate surface area is 278 Å². The highest BCUT2D eigenvalue weighted by atomic mass is 16.7. The molecule has 10 heteroatoms. The van der Waals surface area contributed by atoms with Crippen molar-refractivity contribution in [1.82, 2.24) is 0 Å². The maximum Gasteiger partial charge on any atom is 0.335 e. The molecule has 14 atom stereocenters. The number of hydrogen-bond donors (Lipinski definition) is 5. The van der Waals surface area contributed by atoms with Gasteiger partial charge in [0.2, 0.25) is 0 Å². The predicted molar refractivity (Wildman–Crippen MR) is 171 cm³/mol. The lowest BCUT2D eigenvalue weighted by atomic mass is 9.33. The summed E-state index contributed by atoms with van der Waals surface area (Å²) in [6, 6.07) is 0. The summed E-state index contributed by atoms with van der Waals surface area (Å²) >= 11 is 0. The quantitative estimate of drug-likeness (QED) is 0.160. The molecule has 10 nitrogen and oxygen atoms in total. The molecule has 0 amide bonds. The normalized spacial score (nSPS) is 51.7. The van der Waals surface area contributed by atoms with Crippen LogP contribution in [0.1, 0.15) is 106 Å². The summed E-state index contributed by atoms with van der Waals surface area (Å²) < 4.78 is 11.9. The van der Waals surface area contributed by atoms with Crippen LogP contribution >= 0.6 is 0 Å². The maximum atomic E-state index is 13.1. The summed E-state index contributed by atoms with van der Waals surface area (Å²) in [6.45, 7) is 15.9. The summed E-state index contributed by atoms with van der Waals surface area (Å²) in [7, 11) is 0. The Morgan fingerprint density at radius 1 is 0.872 bits per heavy atom. The molecule has 5 fully saturated rings. The average Bonchev–Trinajstić information content (AvgIpc) is 2.97. The highest BCUT2D eigenvalue weighted by molar-refractivity contribution is 5.81. The third kappa shape index (κ3) is 4.70. The Bertz CT molecular complexity index is 1340. The number of aliphatic carboxylic acids is 2. The number of aldehydes is 1. The zero-order valence-electron chi connectivity index (χ0n) is 29.1. The SMILES string of the molecule is CC1(C)C[C@@H](C=O)[C@]2(C(=O)O)CC[C@]3(C)C(=CC[C@@H]4[C@@]5(C)CC[C@H](O[C@@H]6O[C@H](C(=O)O)[C@@H](O)[C@H](O)[C@H]6O)C(C)(C)[C@@H]5CC[C@]43C)[C@@H]2C1. The van der Waals surface area contributed by atoms with Gasteiger partial charge in [-0.15, -0.1) is 0 Å². The number of carbonyl (C=O) groups excluding carboxylic acids is 1. The average molecular weight is 661 g/mol. The number of allylic oxidation sites excluding steroid dienone is 2. The van der Waals surface area contributed by atoms with Crippen molar-refractivity contribution in [2.75, 3.05) is 0 Å². The van der Waals surface area contributed by atoms with E-state index >= 15 is 0 Å². The van der Waals surface area contributed by atoms with Gasteiger partial charge in [0, 0.05) is 5.92 Å². The minimum atomic E-state index is -1.77. The van der Waals surface area contributed by atoms with Crippen LogP contribution in [-0.2, 0) is 23.9 Å². The van der Waals surface area contributed by atoms with Gasteiger partial charge in [-0.1, -0.05) is 60.1 Å². The van der Waals surface area contributed by atoms with Gasteiger partial charge < -0.3 is 39.8 Å². The number of hydrogen-bond acceptors (Lipinski definition) is 8. The van der Waals surface area contributed by atoms with Crippen molar-refractivity contribution in [3.8, 4) is 0 Å². The number of carboxylic acid groups (broad SMARTS) is 2. The first kappa shape index (κ1) is 35.0. The van der Waals surface area contributed by atoms with E-state index in [-0.39, 0.29) is 45.0 Å². The van der Waals surface area contributed by atoms with E-state index in [1.165, 1.54) is 5.57 Å². The van der Waals surface area contributed by atoms with Crippen LogP contribution in [-0.4, -0.2) is 80.6 Å². The van der Waals surface area contributed by atoms with Gasteiger partial charge in [-0.2, -0.15) is 0 Å². The summed E-state index contributed by atoms with van der Waals surface area (Å²) in [4.78, 5) is 37.3. The Hall–Kier alpha value is -1.85. The molecule has 5 aliphatic carbocycles. The number of carbonyl (C=O) groups is 3. The fourth-order valence-electron chi connectivity index (χ4n) is 12.7. The lowest BCUT2D eigenvalue weighted by molar-refractivity contribution is -0.324. The summed E-state index contributed by atoms with van der Waals surface area (Å²) in [5.41, 5.74) is -0.643. The van der Waals surface area contributed by atoms with E-state index in [2.05, 4.69) is 54.5 Å². The van der Waals surface area contributed by atoms with E-state index in [1.807, 2.05) is 0 Å². The molecule has 0 aromatic heterocycles. The van der Waals surface area contributed by atoms with E-state index in [0.29, 0.717) is 25.2 Å². The fourth-order valence-corrected chi connectivity index (χ4v) is 12.7. The number of carboxylic acids is 2. The van der Waals surface area contributed by atoms with Crippen molar-refractivity contribution >= 4 is 18.2 Å². The number of aliphatic hydroxyl groups is 3. The number of aliphatic hydroxyl groups excluding tert-OH is 3. The first-order valence-electron chi connectivity index (χ1n) is 17.7. The summed E-state index contributed by atoms with van der Waals surface area (Å²) in [5, 5.41) is 51.6. The molecule has 0 radical (unpaired) electrons. The smallest absolute Gasteiger partial charge is 0.335 e. The van der Waals surface area contributed by atoms with E-state index in [0.717, 1.165) is 44.8 Å². The molecule has 1 aliphatic heterocycles. The van der Waals surface area contributed by atoms with Crippen molar-refractivity contribution < 1.29 is 49.4 Å². The molecule has 0 bridgehead atoms. The molecule has 0 spiro atoms. The molecule has 0 unspecified atom stereocenters. The monoisotopic (exact) mass is 660 g/mol. The molecular weight excluding hydrogens is 604 g/mol. The van der Waals surface area contributed by atoms with E-state index in [1.54, 1.807) is 0 Å². The lowest BCUT2D eigenvalue weighted by Gasteiger charge is -2.71. The van der Waals surface area contributed by atoms with Crippen molar-refractivity contribution in [3.05, 3.63) is 11.6 Å². The second-order valence-electron chi connectivity index (χ2n) is 18.2. The van der Waals surface area contributed by atoms with Crippen LogP contribution in [0.25, 0.3) is 0 Å². The zero-order valence-corrected chi connectivity index (χ0v) is 29.1.